The molecule has 1 aliphatic heterocycles. The van der Waals surface area contributed by atoms with Crippen molar-refractivity contribution in [2.45, 2.75) is 45.2 Å². The molecule has 1 heterocycles. The Hall–Kier alpha value is -2.98. The van der Waals surface area contributed by atoms with Gasteiger partial charge in [0, 0.05) is 19.5 Å². The second-order valence-electron chi connectivity index (χ2n) is 7.18. The summed E-state index contributed by atoms with van der Waals surface area (Å²) in [6.45, 7) is 2.72. The van der Waals surface area contributed by atoms with Crippen LogP contribution in [0, 0.1) is 5.41 Å². The fraction of sp³-hybridized carbons (Fsp3) is 0.500. The number of halogens is 3. The first-order valence-corrected chi connectivity index (χ1v) is 8.57. The van der Waals surface area contributed by atoms with E-state index in [-0.39, 0.29) is 17.9 Å². The normalized spacial score (nSPS) is 18.6. The molecular weight excluding hydrogens is 397 g/mol. The monoisotopic (exact) mass is 418 g/mol. The molecule has 0 saturated carbocycles. The standard InChI is InChI=1S/C18H21F3N2O6/c1-9(23(3)14(25)18(19,20)21)6-10-4-5-11-12(7-10)29-16(28-11)17(2,15(26)27)8-13(22)24/h4-5,7,9,16H,6,8H2,1-3H3,(H2,22,24)(H,26,27). The van der Waals surface area contributed by atoms with Crippen molar-refractivity contribution in [3.05, 3.63) is 23.8 Å². The summed E-state index contributed by atoms with van der Waals surface area (Å²) in [6, 6.07) is 3.78. The average molecular weight is 418 g/mol. The molecule has 0 radical (unpaired) electrons. The van der Waals surface area contributed by atoms with Crippen LogP contribution in [-0.4, -0.2) is 53.3 Å². The van der Waals surface area contributed by atoms with E-state index in [0.717, 1.165) is 7.05 Å². The number of carbonyl (C=O) groups excluding carboxylic acids is 2. The van der Waals surface area contributed by atoms with E-state index in [1.165, 1.54) is 26.0 Å². The minimum absolute atomic E-state index is 0.0944. The van der Waals surface area contributed by atoms with Crippen molar-refractivity contribution in [2.75, 3.05) is 7.05 Å². The summed E-state index contributed by atoms with van der Waals surface area (Å²) in [5.41, 5.74) is 3.94. The van der Waals surface area contributed by atoms with Gasteiger partial charge in [0.05, 0.1) is 0 Å². The van der Waals surface area contributed by atoms with Crippen molar-refractivity contribution in [3.63, 3.8) is 0 Å². The van der Waals surface area contributed by atoms with E-state index >= 15 is 0 Å². The highest BCUT2D eigenvalue weighted by Gasteiger charge is 2.49. The Morgan fingerprint density at radius 2 is 1.83 bits per heavy atom. The zero-order chi connectivity index (χ0) is 22.1. The lowest BCUT2D eigenvalue weighted by Crippen LogP contribution is -2.47. The van der Waals surface area contributed by atoms with E-state index in [4.69, 9.17) is 15.2 Å². The summed E-state index contributed by atoms with van der Waals surface area (Å²) >= 11 is 0. The Morgan fingerprint density at radius 3 is 2.34 bits per heavy atom. The smallest absolute Gasteiger partial charge is 0.471 e. The number of ether oxygens (including phenoxy) is 2. The minimum atomic E-state index is -4.97. The van der Waals surface area contributed by atoms with Gasteiger partial charge in [-0.1, -0.05) is 6.07 Å². The maximum atomic E-state index is 12.6. The number of aliphatic carboxylic acids is 1. The van der Waals surface area contributed by atoms with Gasteiger partial charge in [0.2, 0.25) is 5.91 Å². The lowest BCUT2D eigenvalue weighted by atomic mass is 9.85. The van der Waals surface area contributed by atoms with Crippen LogP contribution in [0.15, 0.2) is 18.2 Å². The van der Waals surface area contributed by atoms with Crippen LogP contribution in [-0.2, 0) is 20.8 Å². The number of amides is 2. The first-order chi connectivity index (χ1) is 13.3. The van der Waals surface area contributed by atoms with Crippen LogP contribution in [0.2, 0.25) is 0 Å². The van der Waals surface area contributed by atoms with E-state index in [2.05, 4.69) is 0 Å². The molecule has 2 rings (SSSR count). The van der Waals surface area contributed by atoms with E-state index < -0.39 is 48.1 Å². The van der Waals surface area contributed by atoms with Gasteiger partial charge in [-0.05, 0) is 38.0 Å². The Bertz CT molecular complexity index is 828. The van der Waals surface area contributed by atoms with Gasteiger partial charge in [0.25, 0.3) is 6.29 Å². The van der Waals surface area contributed by atoms with Crippen molar-refractivity contribution < 1.29 is 42.1 Å². The zero-order valence-electron chi connectivity index (χ0n) is 15.9. The summed E-state index contributed by atoms with van der Waals surface area (Å²) in [7, 11) is 1.06. The molecule has 1 aromatic carbocycles. The predicted octanol–water partition coefficient (Wildman–Crippen LogP) is 1.70. The fourth-order valence-electron chi connectivity index (χ4n) is 2.88. The van der Waals surface area contributed by atoms with Gasteiger partial charge < -0.3 is 25.2 Å². The largest absolute Gasteiger partial charge is 0.481 e. The Kier molecular flexibility index (Phi) is 6.00. The number of hydrogen-bond acceptors (Lipinski definition) is 5. The van der Waals surface area contributed by atoms with Gasteiger partial charge in [-0.2, -0.15) is 13.2 Å². The predicted molar refractivity (Wildman–Crippen MR) is 93.0 cm³/mol. The van der Waals surface area contributed by atoms with E-state index in [0.29, 0.717) is 10.5 Å². The molecule has 3 atom stereocenters. The van der Waals surface area contributed by atoms with Crippen LogP contribution in [0.25, 0.3) is 0 Å². The fourth-order valence-corrected chi connectivity index (χ4v) is 2.88. The number of alkyl halides is 3. The van der Waals surface area contributed by atoms with Crippen molar-refractivity contribution >= 4 is 17.8 Å². The maximum Gasteiger partial charge on any atom is 0.471 e. The highest BCUT2D eigenvalue weighted by atomic mass is 19.4. The second kappa shape index (κ2) is 7.80. The van der Waals surface area contributed by atoms with Gasteiger partial charge in [-0.25, -0.2) is 0 Å². The zero-order valence-corrected chi connectivity index (χ0v) is 15.9. The summed E-state index contributed by atoms with van der Waals surface area (Å²) in [6.07, 6.45) is -6.70. The molecule has 0 fully saturated rings. The van der Waals surface area contributed by atoms with Crippen LogP contribution in [0.3, 0.4) is 0 Å². The van der Waals surface area contributed by atoms with Crippen molar-refractivity contribution in [3.8, 4) is 11.5 Å². The van der Waals surface area contributed by atoms with Gasteiger partial charge >= 0.3 is 18.1 Å². The van der Waals surface area contributed by atoms with Gasteiger partial charge in [0.15, 0.2) is 11.5 Å². The summed E-state index contributed by atoms with van der Waals surface area (Å²) in [5.74, 6) is -3.72. The lowest BCUT2D eigenvalue weighted by Gasteiger charge is -2.28. The SMILES string of the molecule is CC(Cc1ccc2c(c1)OC(C(C)(CC(N)=O)C(=O)O)O2)N(C)C(=O)C(F)(F)F. The number of benzene rings is 1. The third kappa shape index (κ3) is 4.72. The summed E-state index contributed by atoms with van der Waals surface area (Å²) in [5, 5.41) is 9.48. The number of nitrogens with zero attached hydrogens (tertiary/aromatic N) is 1. The van der Waals surface area contributed by atoms with Gasteiger partial charge in [0.1, 0.15) is 5.41 Å². The lowest BCUT2D eigenvalue weighted by molar-refractivity contribution is -0.185. The summed E-state index contributed by atoms with van der Waals surface area (Å²) < 4.78 is 48.8. The molecule has 29 heavy (non-hydrogen) atoms. The first kappa shape index (κ1) is 22.3. The van der Waals surface area contributed by atoms with Crippen LogP contribution < -0.4 is 15.2 Å². The third-order valence-electron chi connectivity index (χ3n) is 4.78. The van der Waals surface area contributed by atoms with Crippen LogP contribution in [0.4, 0.5) is 13.2 Å². The van der Waals surface area contributed by atoms with Gasteiger partial charge in [-0.3, -0.25) is 14.4 Å². The number of carboxylic acid groups (broad SMARTS) is 1. The number of primary amides is 1. The molecule has 0 spiro atoms. The molecule has 160 valence electrons. The molecule has 0 aliphatic carbocycles. The number of likely N-dealkylation sites (N-methyl/N-ethyl adjacent to an activating group) is 1. The van der Waals surface area contributed by atoms with Crippen LogP contribution in [0.5, 0.6) is 11.5 Å². The third-order valence-corrected chi connectivity index (χ3v) is 4.78. The molecule has 11 heteroatoms. The molecule has 0 aromatic heterocycles. The Labute approximate surface area is 164 Å². The number of carboxylic acids is 1. The molecule has 1 aromatic rings. The second-order valence-corrected chi connectivity index (χ2v) is 7.18. The molecule has 0 bridgehead atoms. The number of carbonyl (C=O) groups is 3. The molecule has 0 saturated heterocycles. The molecule has 3 unspecified atom stereocenters. The van der Waals surface area contributed by atoms with Crippen molar-refractivity contribution in [1.29, 1.82) is 0 Å². The number of hydrogen-bond donors (Lipinski definition) is 2. The molecule has 8 nitrogen and oxygen atoms in total. The molecule has 2 amide bonds. The van der Waals surface area contributed by atoms with Crippen molar-refractivity contribution in [1.82, 2.24) is 4.90 Å². The Morgan fingerprint density at radius 1 is 1.24 bits per heavy atom. The minimum Gasteiger partial charge on any atom is -0.481 e. The molecule has 3 N–H and O–H groups in total. The Balaban J connectivity index is 2.15. The molecule has 1 aliphatic rings. The van der Waals surface area contributed by atoms with Crippen LogP contribution >= 0.6 is 0 Å². The maximum absolute atomic E-state index is 12.6. The number of fused-ring (bicyclic) bond motifs is 1. The van der Waals surface area contributed by atoms with E-state index in [1.807, 2.05) is 0 Å². The highest BCUT2D eigenvalue weighted by Crippen LogP contribution is 2.42. The highest BCUT2D eigenvalue weighted by molar-refractivity contribution is 5.84. The van der Waals surface area contributed by atoms with Gasteiger partial charge in [-0.15, -0.1) is 0 Å². The number of rotatable bonds is 7. The van der Waals surface area contributed by atoms with Crippen LogP contribution in [0.1, 0.15) is 25.8 Å². The first-order valence-electron chi connectivity index (χ1n) is 8.57. The average Bonchev–Trinajstić information content (AvgIpc) is 3.02. The van der Waals surface area contributed by atoms with E-state index in [1.54, 1.807) is 6.07 Å². The number of nitrogens with two attached hydrogens (primary N) is 1. The van der Waals surface area contributed by atoms with Crippen molar-refractivity contribution in [2.24, 2.45) is 11.1 Å². The van der Waals surface area contributed by atoms with E-state index in [9.17, 15) is 32.7 Å². The molecular formula is C18H21F3N2O6. The topological polar surface area (TPSA) is 119 Å². The summed E-state index contributed by atoms with van der Waals surface area (Å²) in [4.78, 5) is 34.8. The quantitative estimate of drug-likeness (QED) is 0.696.